The van der Waals surface area contributed by atoms with E-state index in [1.807, 2.05) is 0 Å². The molecule has 0 radical (unpaired) electrons. The Balaban J connectivity index is 3.19. The minimum atomic E-state index is -4.69. The molecular weight excluding hydrogens is 213 g/mol. The van der Waals surface area contributed by atoms with Crippen LogP contribution in [0.5, 0.6) is 6.01 Å². The van der Waals surface area contributed by atoms with Crippen molar-refractivity contribution in [2.75, 3.05) is 6.61 Å². The third-order valence-corrected chi connectivity index (χ3v) is 1.46. The number of hydrogen-bond acceptors (Lipinski definition) is 4. The van der Waals surface area contributed by atoms with E-state index in [0.29, 0.717) is 0 Å². The Labute approximate surface area is 83.1 Å². The molecule has 0 atom stereocenters. The summed E-state index contributed by atoms with van der Waals surface area (Å²) in [6, 6.07) is -0.393. The topological polar surface area (TPSA) is 52.1 Å². The summed E-state index contributed by atoms with van der Waals surface area (Å²) in [5, 5.41) is 0. The van der Waals surface area contributed by atoms with Crippen molar-refractivity contribution in [1.29, 1.82) is 0 Å². The first-order chi connectivity index (χ1) is 6.99. The molecule has 0 N–H and O–H groups in total. The maximum Gasteiger partial charge on any atom is 0.434 e. The Morgan fingerprint density at radius 1 is 1.53 bits per heavy atom. The van der Waals surface area contributed by atoms with Gasteiger partial charge in [-0.2, -0.15) is 18.2 Å². The summed E-state index contributed by atoms with van der Waals surface area (Å²) in [6.45, 7) is 1.74. The van der Waals surface area contributed by atoms with Gasteiger partial charge in [0.1, 0.15) is 0 Å². The van der Waals surface area contributed by atoms with Crippen LogP contribution in [0.1, 0.15) is 23.0 Å². The van der Waals surface area contributed by atoms with Gasteiger partial charge in [-0.1, -0.05) is 0 Å². The summed E-state index contributed by atoms with van der Waals surface area (Å²) in [4.78, 5) is 16.9. The Kier molecular flexibility index (Phi) is 3.23. The fraction of sp³-hybridized carbons (Fsp3) is 0.375. The van der Waals surface area contributed by atoms with E-state index in [1.165, 1.54) is 0 Å². The molecule has 0 aliphatic heterocycles. The van der Waals surface area contributed by atoms with Crippen LogP contribution in [0, 0.1) is 0 Å². The molecule has 0 aromatic carbocycles. The van der Waals surface area contributed by atoms with Gasteiger partial charge < -0.3 is 4.74 Å². The standard InChI is InChI=1S/C8H7F3N2O2/c1-2-15-7-12-3-5(4-14)6(13-7)8(9,10)11/h3-4H,2H2,1H3. The summed E-state index contributed by atoms with van der Waals surface area (Å²) in [5.74, 6) is 0. The largest absolute Gasteiger partial charge is 0.464 e. The highest BCUT2D eigenvalue weighted by Gasteiger charge is 2.36. The molecule has 0 aliphatic rings. The third kappa shape index (κ3) is 2.64. The Morgan fingerprint density at radius 3 is 2.67 bits per heavy atom. The van der Waals surface area contributed by atoms with E-state index in [9.17, 15) is 18.0 Å². The number of carbonyl (C=O) groups is 1. The van der Waals surface area contributed by atoms with Crippen LogP contribution in [0.2, 0.25) is 0 Å². The van der Waals surface area contributed by atoms with E-state index in [4.69, 9.17) is 4.74 Å². The second-order valence-electron chi connectivity index (χ2n) is 2.51. The first-order valence-corrected chi connectivity index (χ1v) is 4.01. The van der Waals surface area contributed by atoms with Crippen molar-refractivity contribution in [2.24, 2.45) is 0 Å². The fourth-order valence-electron chi connectivity index (χ4n) is 0.887. The van der Waals surface area contributed by atoms with Gasteiger partial charge in [-0.3, -0.25) is 4.79 Å². The number of ether oxygens (including phenoxy) is 1. The summed E-state index contributed by atoms with van der Waals surface area (Å²) in [7, 11) is 0. The van der Waals surface area contributed by atoms with Crippen LogP contribution in [0.3, 0.4) is 0 Å². The zero-order chi connectivity index (χ0) is 11.5. The van der Waals surface area contributed by atoms with Crippen molar-refractivity contribution in [3.8, 4) is 6.01 Å². The maximum absolute atomic E-state index is 12.4. The highest BCUT2D eigenvalue weighted by Crippen LogP contribution is 2.30. The van der Waals surface area contributed by atoms with E-state index < -0.39 is 23.4 Å². The molecule has 0 spiro atoms. The predicted molar refractivity (Wildman–Crippen MR) is 43.6 cm³/mol. The zero-order valence-corrected chi connectivity index (χ0v) is 7.71. The molecule has 1 aromatic heterocycles. The monoisotopic (exact) mass is 220 g/mol. The lowest BCUT2D eigenvalue weighted by atomic mass is 10.2. The summed E-state index contributed by atoms with van der Waals surface area (Å²) < 4.78 is 41.8. The molecule has 0 aliphatic carbocycles. The van der Waals surface area contributed by atoms with Gasteiger partial charge in [-0.05, 0) is 6.92 Å². The van der Waals surface area contributed by atoms with Gasteiger partial charge >= 0.3 is 12.2 Å². The van der Waals surface area contributed by atoms with E-state index in [0.717, 1.165) is 6.20 Å². The lowest BCUT2D eigenvalue weighted by Crippen LogP contribution is -2.13. The van der Waals surface area contributed by atoms with Crippen molar-refractivity contribution >= 4 is 6.29 Å². The molecule has 1 aromatic rings. The Morgan fingerprint density at radius 2 is 2.20 bits per heavy atom. The van der Waals surface area contributed by atoms with Gasteiger partial charge in [0, 0.05) is 6.20 Å². The van der Waals surface area contributed by atoms with Crippen LogP contribution in [-0.2, 0) is 6.18 Å². The average molecular weight is 220 g/mol. The summed E-state index contributed by atoms with van der Waals surface area (Å²) >= 11 is 0. The molecule has 7 heteroatoms. The number of halogens is 3. The summed E-state index contributed by atoms with van der Waals surface area (Å²) in [5.41, 5.74) is -1.89. The van der Waals surface area contributed by atoms with E-state index in [2.05, 4.69) is 9.97 Å². The summed E-state index contributed by atoms with van der Waals surface area (Å²) in [6.07, 6.45) is -3.85. The van der Waals surface area contributed by atoms with Crippen LogP contribution in [0.25, 0.3) is 0 Å². The van der Waals surface area contributed by atoms with E-state index in [1.54, 1.807) is 6.92 Å². The smallest absolute Gasteiger partial charge is 0.434 e. The second kappa shape index (κ2) is 4.24. The van der Waals surface area contributed by atoms with Gasteiger partial charge in [-0.25, -0.2) is 4.98 Å². The second-order valence-corrected chi connectivity index (χ2v) is 2.51. The number of aldehydes is 1. The molecule has 82 valence electrons. The molecule has 0 fully saturated rings. The van der Waals surface area contributed by atoms with Crippen molar-refractivity contribution in [3.63, 3.8) is 0 Å². The lowest BCUT2D eigenvalue weighted by Gasteiger charge is -2.09. The number of hydrogen-bond donors (Lipinski definition) is 0. The Hall–Kier alpha value is -1.66. The van der Waals surface area contributed by atoms with Crippen molar-refractivity contribution in [1.82, 2.24) is 9.97 Å². The van der Waals surface area contributed by atoms with Crippen molar-refractivity contribution in [3.05, 3.63) is 17.5 Å². The molecule has 1 rings (SSSR count). The van der Waals surface area contributed by atoms with Gasteiger partial charge in [0.2, 0.25) is 0 Å². The van der Waals surface area contributed by atoms with Crippen LogP contribution in [-0.4, -0.2) is 22.9 Å². The van der Waals surface area contributed by atoms with Crippen LogP contribution >= 0.6 is 0 Å². The number of aromatic nitrogens is 2. The normalized spacial score (nSPS) is 11.2. The molecule has 0 unspecified atom stereocenters. The molecule has 1 heterocycles. The number of carbonyl (C=O) groups excluding carboxylic acids is 1. The first-order valence-electron chi connectivity index (χ1n) is 4.01. The highest BCUT2D eigenvalue weighted by atomic mass is 19.4. The lowest BCUT2D eigenvalue weighted by molar-refractivity contribution is -0.141. The Bertz CT molecular complexity index is 365. The van der Waals surface area contributed by atoms with E-state index in [-0.39, 0.29) is 12.9 Å². The molecule has 4 nitrogen and oxygen atoms in total. The van der Waals surface area contributed by atoms with Gasteiger partial charge in [0.15, 0.2) is 12.0 Å². The first kappa shape index (κ1) is 11.4. The molecule has 0 saturated heterocycles. The number of rotatable bonds is 3. The van der Waals surface area contributed by atoms with Crippen molar-refractivity contribution < 1.29 is 22.7 Å². The van der Waals surface area contributed by atoms with E-state index >= 15 is 0 Å². The minimum Gasteiger partial charge on any atom is -0.464 e. The van der Waals surface area contributed by atoms with Crippen LogP contribution in [0.15, 0.2) is 6.20 Å². The molecule has 0 bridgehead atoms. The maximum atomic E-state index is 12.4. The SMILES string of the molecule is CCOc1ncc(C=O)c(C(F)(F)F)n1. The fourth-order valence-corrected chi connectivity index (χ4v) is 0.887. The number of alkyl halides is 3. The highest BCUT2D eigenvalue weighted by molar-refractivity contribution is 5.76. The average Bonchev–Trinajstić information content (AvgIpc) is 2.17. The quantitative estimate of drug-likeness (QED) is 0.727. The third-order valence-electron chi connectivity index (χ3n) is 1.46. The van der Waals surface area contributed by atoms with Crippen LogP contribution < -0.4 is 4.74 Å². The number of nitrogens with zero attached hydrogens (tertiary/aromatic N) is 2. The molecule has 15 heavy (non-hydrogen) atoms. The van der Waals surface area contributed by atoms with Crippen molar-refractivity contribution in [2.45, 2.75) is 13.1 Å². The van der Waals surface area contributed by atoms with Crippen LogP contribution in [0.4, 0.5) is 13.2 Å². The van der Waals surface area contributed by atoms with Gasteiger partial charge in [-0.15, -0.1) is 0 Å². The molecular formula is C8H7F3N2O2. The minimum absolute atomic E-state index is 0.0541. The molecule has 0 amide bonds. The predicted octanol–water partition coefficient (Wildman–Crippen LogP) is 1.71. The van der Waals surface area contributed by atoms with Gasteiger partial charge in [0.05, 0.1) is 12.2 Å². The van der Waals surface area contributed by atoms with Gasteiger partial charge in [0.25, 0.3) is 0 Å². The zero-order valence-electron chi connectivity index (χ0n) is 7.71. The molecule has 0 saturated carbocycles.